The van der Waals surface area contributed by atoms with Gasteiger partial charge in [0.05, 0.1) is 33.9 Å². The second kappa shape index (κ2) is 36.3. The van der Waals surface area contributed by atoms with Crippen molar-refractivity contribution in [3.63, 3.8) is 0 Å². The SMILES string of the molecule is CC/C=C/C/C=C/C=C/C(O)CCCCCCCC(=O)OC[C@H](COP(=O)(O)OCC[N+](C)(C)C)OC(=O)CCCCCCCCC/C=C\CCCCCC. The molecule has 3 atom stereocenters. The summed E-state index contributed by atoms with van der Waals surface area (Å²) < 4.78 is 34.2. The lowest BCUT2D eigenvalue weighted by Crippen LogP contribution is -2.37. The zero-order valence-electron chi connectivity index (χ0n) is 35.5. The molecule has 0 heterocycles. The van der Waals surface area contributed by atoms with Crippen LogP contribution in [-0.4, -0.2) is 86.1 Å². The average molecular weight is 799 g/mol. The number of unbranched alkanes of at least 4 members (excludes halogenated alkanes) is 15. The van der Waals surface area contributed by atoms with Gasteiger partial charge in [-0.25, -0.2) is 4.57 Å². The summed E-state index contributed by atoms with van der Waals surface area (Å²) in [5.41, 5.74) is 0. The summed E-state index contributed by atoms with van der Waals surface area (Å²) in [5, 5.41) is 10.1. The highest BCUT2D eigenvalue weighted by Gasteiger charge is 2.27. The second-order valence-corrected chi connectivity index (χ2v) is 17.0. The lowest BCUT2D eigenvalue weighted by Gasteiger charge is -2.24. The molecule has 0 aromatic rings. The van der Waals surface area contributed by atoms with Crippen LogP contribution in [0, 0.1) is 0 Å². The van der Waals surface area contributed by atoms with E-state index >= 15 is 0 Å². The minimum Gasteiger partial charge on any atom is -0.462 e. The standard InChI is InChI=1S/C44H80NO9P/c1-6-8-10-12-14-15-16-17-18-19-20-21-23-27-32-36-44(48)54-42(40-53-55(49,50)52-38-37-45(3,4)5)39-51-43(47)35-31-28-24-26-30-34-41(46)33-29-25-22-13-11-9-7-2/h9,11,15-16,22,25,29,33,41-42,46H,6-8,10,12-14,17-21,23-24,26-28,30-32,34-40H2,1-5H3/p+1/b11-9+,16-15-,25-22+,33-29+/t41?,42-/m1/s1. The van der Waals surface area contributed by atoms with E-state index in [0.717, 1.165) is 64.2 Å². The number of phosphoric acid groups is 1. The fourth-order valence-corrected chi connectivity index (χ4v) is 6.29. The summed E-state index contributed by atoms with van der Waals surface area (Å²) in [6, 6.07) is 0. The number of aliphatic hydroxyl groups excluding tert-OH is 1. The number of likely N-dealkylation sites (N-methyl/N-ethyl adjacent to an activating group) is 1. The molecule has 0 saturated carbocycles. The molecule has 0 aliphatic heterocycles. The van der Waals surface area contributed by atoms with Gasteiger partial charge < -0.3 is 24.0 Å². The summed E-state index contributed by atoms with van der Waals surface area (Å²) in [6.07, 6.45) is 37.5. The van der Waals surface area contributed by atoms with Crippen LogP contribution in [0.1, 0.15) is 162 Å². The molecule has 10 nitrogen and oxygen atoms in total. The van der Waals surface area contributed by atoms with E-state index in [-0.39, 0.29) is 26.1 Å². The van der Waals surface area contributed by atoms with Crippen molar-refractivity contribution in [2.75, 3.05) is 47.5 Å². The number of ether oxygens (including phenoxy) is 2. The Balaban J connectivity index is 4.47. The number of allylic oxidation sites excluding steroid dienone is 7. The van der Waals surface area contributed by atoms with Gasteiger partial charge in [-0.2, -0.15) is 0 Å². The van der Waals surface area contributed by atoms with Gasteiger partial charge in [-0.15, -0.1) is 0 Å². The second-order valence-electron chi connectivity index (χ2n) is 15.5. The molecule has 320 valence electrons. The molecule has 11 heteroatoms. The van der Waals surface area contributed by atoms with Crippen LogP contribution in [-0.2, 0) is 32.7 Å². The molecule has 0 spiro atoms. The third-order valence-corrected chi connectivity index (χ3v) is 9.93. The van der Waals surface area contributed by atoms with Crippen LogP contribution in [0.15, 0.2) is 48.6 Å². The smallest absolute Gasteiger partial charge is 0.462 e. The molecule has 0 aromatic carbocycles. The van der Waals surface area contributed by atoms with E-state index in [1.54, 1.807) is 0 Å². The van der Waals surface area contributed by atoms with Gasteiger partial charge in [0.15, 0.2) is 6.10 Å². The monoisotopic (exact) mass is 799 g/mol. The van der Waals surface area contributed by atoms with Gasteiger partial charge in [0, 0.05) is 12.8 Å². The van der Waals surface area contributed by atoms with Crippen molar-refractivity contribution >= 4 is 19.8 Å². The van der Waals surface area contributed by atoms with Gasteiger partial charge in [0.2, 0.25) is 0 Å². The Morgan fingerprint density at radius 1 is 0.673 bits per heavy atom. The molecule has 0 saturated heterocycles. The van der Waals surface area contributed by atoms with Crippen molar-refractivity contribution < 1.29 is 47.2 Å². The molecule has 2 unspecified atom stereocenters. The van der Waals surface area contributed by atoms with Crippen molar-refractivity contribution in [1.29, 1.82) is 0 Å². The van der Waals surface area contributed by atoms with Gasteiger partial charge in [0.1, 0.15) is 19.8 Å². The molecular weight excluding hydrogens is 717 g/mol. The molecule has 2 N–H and O–H groups in total. The molecule has 0 aliphatic rings. The quantitative estimate of drug-likeness (QED) is 0.0157. The first kappa shape index (κ1) is 52.9. The van der Waals surface area contributed by atoms with Crippen LogP contribution >= 0.6 is 7.82 Å². The molecule has 0 aliphatic carbocycles. The van der Waals surface area contributed by atoms with Crippen molar-refractivity contribution in [3.05, 3.63) is 48.6 Å². The minimum atomic E-state index is -4.40. The van der Waals surface area contributed by atoms with Crippen LogP contribution in [0.3, 0.4) is 0 Å². The lowest BCUT2D eigenvalue weighted by atomic mass is 10.1. The summed E-state index contributed by atoms with van der Waals surface area (Å²) in [5.74, 6) is -0.883. The number of carbonyl (C=O) groups excluding carboxylic acids is 2. The Morgan fingerprint density at radius 3 is 1.87 bits per heavy atom. The Hall–Kier alpha value is -2.07. The predicted molar refractivity (Wildman–Crippen MR) is 226 cm³/mol. The average Bonchev–Trinajstić information content (AvgIpc) is 3.12. The van der Waals surface area contributed by atoms with Crippen molar-refractivity contribution in [2.24, 2.45) is 0 Å². The van der Waals surface area contributed by atoms with Crippen LogP contribution in [0.5, 0.6) is 0 Å². The number of phosphoric ester groups is 1. The van der Waals surface area contributed by atoms with E-state index in [9.17, 15) is 24.2 Å². The number of nitrogens with zero attached hydrogens (tertiary/aromatic N) is 1. The molecule has 0 rings (SSSR count). The normalized spacial score (nSPS) is 14.7. The molecule has 0 amide bonds. The maximum atomic E-state index is 12.7. The van der Waals surface area contributed by atoms with Crippen molar-refractivity contribution in [3.8, 4) is 0 Å². The Bertz CT molecular complexity index is 1100. The van der Waals surface area contributed by atoms with Gasteiger partial charge in [-0.05, 0) is 57.8 Å². The van der Waals surface area contributed by atoms with Gasteiger partial charge in [-0.3, -0.25) is 18.6 Å². The maximum absolute atomic E-state index is 12.7. The van der Waals surface area contributed by atoms with Crippen LogP contribution in [0.2, 0.25) is 0 Å². The number of aliphatic hydroxyl groups is 1. The van der Waals surface area contributed by atoms with E-state index in [4.69, 9.17) is 18.5 Å². The third-order valence-electron chi connectivity index (χ3n) is 8.95. The first-order valence-corrected chi connectivity index (χ1v) is 23.0. The molecule has 0 fully saturated rings. The number of carbonyl (C=O) groups is 2. The topological polar surface area (TPSA) is 129 Å². The highest BCUT2D eigenvalue weighted by molar-refractivity contribution is 7.47. The molecule has 0 radical (unpaired) electrons. The number of hydrogen-bond donors (Lipinski definition) is 2. The lowest BCUT2D eigenvalue weighted by molar-refractivity contribution is -0.870. The van der Waals surface area contributed by atoms with Crippen LogP contribution in [0.4, 0.5) is 0 Å². The fraction of sp³-hybridized carbons (Fsp3) is 0.773. The first-order valence-electron chi connectivity index (χ1n) is 21.5. The maximum Gasteiger partial charge on any atom is 0.472 e. The van der Waals surface area contributed by atoms with Gasteiger partial charge >= 0.3 is 19.8 Å². The van der Waals surface area contributed by atoms with E-state index in [0.29, 0.717) is 30.3 Å². The zero-order valence-corrected chi connectivity index (χ0v) is 36.4. The molecule has 0 aromatic heterocycles. The van der Waals surface area contributed by atoms with E-state index in [1.807, 2.05) is 39.4 Å². The highest BCUT2D eigenvalue weighted by Crippen LogP contribution is 2.43. The van der Waals surface area contributed by atoms with Crippen LogP contribution in [0.25, 0.3) is 0 Å². The number of esters is 2. The summed E-state index contributed by atoms with van der Waals surface area (Å²) in [7, 11) is 1.41. The van der Waals surface area contributed by atoms with Crippen molar-refractivity contribution in [2.45, 2.75) is 174 Å². The summed E-state index contributed by atoms with van der Waals surface area (Å²) in [6.45, 7) is 4.15. The predicted octanol–water partition coefficient (Wildman–Crippen LogP) is 10.9. The van der Waals surface area contributed by atoms with Crippen molar-refractivity contribution in [1.82, 2.24) is 0 Å². The largest absolute Gasteiger partial charge is 0.472 e. The summed E-state index contributed by atoms with van der Waals surface area (Å²) >= 11 is 0. The minimum absolute atomic E-state index is 0.0135. The zero-order chi connectivity index (χ0) is 40.9. The van der Waals surface area contributed by atoms with Gasteiger partial charge in [-0.1, -0.05) is 140 Å². The Morgan fingerprint density at radius 2 is 1.25 bits per heavy atom. The first-order chi connectivity index (χ1) is 26.4. The molecular formula is C44H81NO9P+. The number of rotatable bonds is 38. The molecule has 0 bridgehead atoms. The number of quaternary nitrogens is 1. The third kappa shape index (κ3) is 39.9. The van der Waals surface area contributed by atoms with E-state index < -0.39 is 38.6 Å². The Kier molecular flexibility index (Phi) is 34.9. The van der Waals surface area contributed by atoms with E-state index in [2.05, 4.69) is 44.2 Å². The van der Waals surface area contributed by atoms with Gasteiger partial charge in [0.25, 0.3) is 0 Å². The van der Waals surface area contributed by atoms with Crippen LogP contribution < -0.4 is 0 Å². The van der Waals surface area contributed by atoms with E-state index in [1.165, 1.54) is 51.4 Å². The summed E-state index contributed by atoms with van der Waals surface area (Å²) in [4.78, 5) is 35.3. The molecule has 55 heavy (non-hydrogen) atoms. The fourth-order valence-electron chi connectivity index (χ4n) is 5.54. The Labute approximate surface area is 336 Å². The highest BCUT2D eigenvalue weighted by atomic mass is 31.2. The number of hydrogen-bond acceptors (Lipinski definition) is 8.